The van der Waals surface area contributed by atoms with E-state index in [4.69, 9.17) is 11.6 Å². The fourth-order valence-electron chi connectivity index (χ4n) is 2.39. The van der Waals surface area contributed by atoms with Crippen LogP contribution in [-0.4, -0.2) is 22.3 Å². The van der Waals surface area contributed by atoms with Gasteiger partial charge in [-0.3, -0.25) is 4.79 Å². The quantitative estimate of drug-likeness (QED) is 0.788. The molecule has 0 bridgehead atoms. The van der Waals surface area contributed by atoms with Gasteiger partial charge in [0.2, 0.25) is 0 Å². The normalized spacial score (nSPS) is 14.4. The molecule has 0 saturated carbocycles. The molecule has 2 heterocycles. The van der Waals surface area contributed by atoms with Crippen LogP contribution in [0.3, 0.4) is 0 Å². The highest BCUT2D eigenvalue weighted by Crippen LogP contribution is 2.20. The highest BCUT2D eigenvalue weighted by molar-refractivity contribution is 6.29. The van der Waals surface area contributed by atoms with Crippen molar-refractivity contribution in [2.75, 3.05) is 6.54 Å². The first-order valence-electron chi connectivity index (χ1n) is 6.21. The van der Waals surface area contributed by atoms with Crippen LogP contribution in [0.2, 0.25) is 5.15 Å². The number of hydrogen-bond donors (Lipinski definition) is 0. The Morgan fingerprint density at radius 2 is 2.11 bits per heavy atom. The molecule has 0 radical (unpaired) electrons. The van der Waals surface area contributed by atoms with Crippen LogP contribution in [-0.2, 0) is 13.0 Å². The Labute approximate surface area is 116 Å². The van der Waals surface area contributed by atoms with Crippen molar-refractivity contribution in [1.29, 1.82) is 0 Å². The number of nitrogens with zero attached hydrogens (tertiary/aromatic N) is 2. The maximum Gasteiger partial charge on any atom is 0.254 e. The van der Waals surface area contributed by atoms with Crippen LogP contribution in [0.4, 0.5) is 0 Å². The zero-order chi connectivity index (χ0) is 13.2. The van der Waals surface area contributed by atoms with E-state index in [1.807, 2.05) is 35.2 Å². The van der Waals surface area contributed by atoms with Crippen molar-refractivity contribution in [3.05, 3.63) is 64.4 Å². The molecule has 1 aliphatic rings. The summed E-state index contributed by atoms with van der Waals surface area (Å²) in [5, 5.41) is 0.461. The lowest BCUT2D eigenvalue weighted by molar-refractivity contribution is 0.0727. The van der Waals surface area contributed by atoms with Gasteiger partial charge in [-0.15, -0.1) is 0 Å². The Kier molecular flexibility index (Phi) is 3.22. The molecule has 4 heteroatoms. The molecule has 1 aliphatic heterocycles. The molecule has 2 aromatic rings. The molecular weight excluding hydrogens is 260 g/mol. The van der Waals surface area contributed by atoms with E-state index in [1.54, 1.807) is 12.3 Å². The average molecular weight is 273 g/mol. The molecule has 0 fully saturated rings. The molecule has 0 spiro atoms. The standard InChI is InChI=1S/C15H13ClN2O/c16-14-9-11(5-7-17-14)10-18-8-6-12-3-1-2-4-13(12)15(18)19/h1-5,7,9H,6,8,10H2. The Hall–Kier alpha value is -1.87. The molecule has 0 atom stereocenters. The highest BCUT2D eigenvalue weighted by Gasteiger charge is 2.23. The number of carbonyl (C=O) groups excluding carboxylic acids is 1. The fraction of sp³-hybridized carbons (Fsp3) is 0.200. The molecule has 96 valence electrons. The van der Waals surface area contributed by atoms with Crippen molar-refractivity contribution in [3.63, 3.8) is 0 Å². The van der Waals surface area contributed by atoms with Gasteiger partial charge in [-0.25, -0.2) is 4.98 Å². The molecule has 1 aromatic carbocycles. The van der Waals surface area contributed by atoms with E-state index < -0.39 is 0 Å². The number of rotatable bonds is 2. The van der Waals surface area contributed by atoms with Gasteiger partial charge in [0.25, 0.3) is 5.91 Å². The number of pyridine rings is 1. The predicted molar refractivity (Wildman–Crippen MR) is 74.1 cm³/mol. The van der Waals surface area contributed by atoms with Crippen molar-refractivity contribution >= 4 is 17.5 Å². The highest BCUT2D eigenvalue weighted by atomic mass is 35.5. The SMILES string of the molecule is O=C1c2ccccc2CCN1Cc1ccnc(Cl)c1. The maximum atomic E-state index is 12.4. The molecule has 3 rings (SSSR count). The number of benzene rings is 1. The summed E-state index contributed by atoms with van der Waals surface area (Å²) >= 11 is 5.87. The van der Waals surface area contributed by atoms with Crippen LogP contribution in [0, 0.1) is 0 Å². The van der Waals surface area contributed by atoms with Gasteiger partial charge in [0.1, 0.15) is 5.15 Å². The molecule has 0 saturated heterocycles. The number of amides is 1. The lowest BCUT2D eigenvalue weighted by atomic mass is 9.99. The zero-order valence-corrected chi connectivity index (χ0v) is 11.1. The van der Waals surface area contributed by atoms with Crippen LogP contribution in [0.5, 0.6) is 0 Å². The van der Waals surface area contributed by atoms with Crippen LogP contribution in [0.1, 0.15) is 21.5 Å². The second-order valence-corrected chi connectivity index (χ2v) is 5.01. The molecule has 0 unspecified atom stereocenters. The van der Waals surface area contributed by atoms with Gasteiger partial charge in [-0.05, 0) is 35.7 Å². The largest absolute Gasteiger partial charge is 0.334 e. The van der Waals surface area contributed by atoms with E-state index in [0.29, 0.717) is 11.7 Å². The molecular formula is C15H13ClN2O. The minimum atomic E-state index is 0.0924. The minimum Gasteiger partial charge on any atom is -0.334 e. The summed E-state index contributed by atoms with van der Waals surface area (Å²) in [6, 6.07) is 11.5. The second-order valence-electron chi connectivity index (χ2n) is 4.62. The van der Waals surface area contributed by atoms with Gasteiger partial charge in [-0.1, -0.05) is 29.8 Å². The summed E-state index contributed by atoms with van der Waals surface area (Å²) in [6.45, 7) is 1.32. The van der Waals surface area contributed by atoms with Crippen LogP contribution in [0.25, 0.3) is 0 Å². The van der Waals surface area contributed by atoms with Crippen LogP contribution >= 0.6 is 11.6 Å². The van der Waals surface area contributed by atoms with E-state index in [9.17, 15) is 4.79 Å². The van der Waals surface area contributed by atoms with Gasteiger partial charge in [0, 0.05) is 24.8 Å². The number of aromatic nitrogens is 1. The van der Waals surface area contributed by atoms with Gasteiger partial charge in [0.05, 0.1) is 0 Å². The molecule has 1 amide bonds. The Balaban J connectivity index is 1.83. The third-order valence-electron chi connectivity index (χ3n) is 3.35. The van der Waals surface area contributed by atoms with Crippen LogP contribution < -0.4 is 0 Å². The predicted octanol–water partition coefficient (Wildman–Crippen LogP) is 2.93. The van der Waals surface area contributed by atoms with Crippen molar-refractivity contribution in [2.45, 2.75) is 13.0 Å². The first-order valence-corrected chi connectivity index (χ1v) is 6.59. The molecule has 0 N–H and O–H groups in total. The van der Waals surface area contributed by atoms with Crippen molar-refractivity contribution in [1.82, 2.24) is 9.88 Å². The van der Waals surface area contributed by atoms with E-state index in [2.05, 4.69) is 4.98 Å². The lowest BCUT2D eigenvalue weighted by Crippen LogP contribution is -2.36. The monoisotopic (exact) mass is 272 g/mol. The summed E-state index contributed by atoms with van der Waals surface area (Å²) in [5.41, 5.74) is 2.96. The minimum absolute atomic E-state index is 0.0924. The van der Waals surface area contributed by atoms with Gasteiger partial charge in [0.15, 0.2) is 0 Å². The van der Waals surface area contributed by atoms with Gasteiger partial charge < -0.3 is 4.90 Å². The lowest BCUT2D eigenvalue weighted by Gasteiger charge is -2.28. The molecule has 3 nitrogen and oxygen atoms in total. The van der Waals surface area contributed by atoms with Crippen LogP contribution in [0.15, 0.2) is 42.6 Å². The number of fused-ring (bicyclic) bond motifs is 1. The van der Waals surface area contributed by atoms with Crippen molar-refractivity contribution in [2.24, 2.45) is 0 Å². The van der Waals surface area contributed by atoms with Gasteiger partial charge in [-0.2, -0.15) is 0 Å². The van der Waals surface area contributed by atoms with E-state index in [0.717, 1.165) is 29.7 Å². The second kappa shape index (κ2) is 5.02. The summed E-state index contributed by atoms with van der Waals surface area (Å²) in [5.74, 6) is 0.0924. The van der Waals surface area contributed by atoms with Gasteiger partial charge >= 0.3 is 0 Å². The molecule has 0 aliphatic carbocycles. The van der Waals surface area contributed by atoms with E-state index in [-0.39, 0.29) is 5.91 Å². The summed E-state index contributed by atoms with van der Waals surface area (Å²) < 4.78 is 0. The third-order valence-corrected chi connectivity index (χ3v) is 3.56. The summed E-state index contributed by atoms with van der Waals surface area (Å²) in [6.07, 6.45) is 2.57. The smallest absolute Gasteiger partial charge is 0.254 e. The molecule has 1 aromatic heterocycles. The summed E-state index contributed by atoms with van der Waals surface area (Å²) in [4.78, 5) is 18.2. The van der Waals surface area contributed by atoms with Crippen molar-refractivity contribution < 1.29 is 4.79 Å². The first-order chi connectivity index (χ1) is 9.24. The van der Waals surface area contributed by atoms with E-state index >= 15 is 0 Å². The van der Waals surface area contributed by atoms with E-state index in [1.165, 1.54) is 0 Å². The number of hydrogen-bond acceptors (Lipinski definition) is 2. The fourth-order valence-corrected chi connectivity index (χ4v) is 2.58. The third kappa shape index (κ3) is 2.47. The van der Waals surface area contributed by atoms with Crippen molar-refractivity contribution in [3.8, 4) is 0 Å². The zero-order valence-electron chi connectivity index (χ0n) is 10.3. The Morgan fingerprint density at radius 3 is 2.95 bits per heavy atom. The molecule has 19 heavy (non-hydrogen) atoms. The average Bonchev–Trinajstić information content (AvgIpc) is 2.42. The Morgan fingerprint density at radius 1 is 1.26 bits per heavy atom. The number of halogens is 1. The maximum absolute atomic E-state index is 12.4. The first kappa shape index (κ1) is 12.2. The number of carbonyl (C=O) groups is 1. The Bertz CT molecular complexity index is 627. The summed E-state index contributed by atoms with van der Waals surface area (Å²) in [7, 11) is 0. The topological polar surface area (TPSA) is 33.2 Å².